The van der Waals surface area contributed by atoms with E-state index in [9.17, 15) is 4.79 Å². The monoisotopic (exact) mass is 345 g/mol. The van der Waals surface area contributed by atoms with Crippen LogP contribution in [0.2, 0.25) is 0 Å². The first-order valence-corrected chi connectivity index (χ1v) is 8.22. The summed E-state index contributed by atoms with van der Waals surface area (Å²) >= 11 is 0. The largest absolute Gasteiger partial charge is 0.497 e. The molecule has 5 heteroatoms. The van der Waals surface area contributed by atoms with E-state index in [1.165, 1.54) is 0 Å². The van der Waals surface area contributed by atoms with Crippen molar-refractivity contribution < 1.29 is 9.53 Å². The van der Waals surface area contributed by atoms with Gasteiger partial charge in [0.05, 0.1) is 24.9 Å². The van der Waals surface area contributed by atoms with Gasteiger partial charge >= 0.3 is 0 Å². The summed E-state index contributed by atoms with van der Waals surface area (Å²) in [6, 6.07) is 24.2. The number of benzene rings is 3. The topological polar surface area (TPSA) is 63.0 Å². The minimum atomic E-state index is -0.0862. The number of hydrogen-bond acceptors (Lipinski definition) is 4. The first kappa shape index (κ1) is 17.4. The van der Waals surface area contributed by atoms with Crippen molar-refractivity contribution in [2.24, 2.45) is 10.2 Å². The van der Waals surface area contributed by atoms with Crippen LogP contribution in [0.15, 0.2) is 89.1 Å². The molecule has 0 radical (unpaired) electrons. The van der Waals surface area contributed by atoms with Gasteiger partial charge in [0.2, 0.25) is 5.91 Å². The van der Waals surface area contributed by atoms with Crippen LogP contribution in [0.1, 0.15) is 5.56 Å². The number of methoxy groups -OCH3 is 1. The summed E-state index contributed by atoms with van der Waals surface area (Å²) in [6.45, 7) is 0. The Labute approximate surface area is 152 Å². The Hall–Kier alpha value is -3.47. The van der Waals surface area contributed by atoms with Gasteiger partial charge in [-0.3, -0.25) is 4.79 Å². The molecule has 0 fully saturated rings. The Morgan fingerprint density at radius 3 is 2.27 bits per heavy atom. The van der Waals surface area contributed by atoms with E-state index in [4.69, 9.17) is 4.74 Å². The van der Waals surface area contributed by atoms with Crippen molar-refractivity contribution in [3.8, 4) is 5.75 Å². The number of amides is 1. The van der Waals surface area contributed by atoms with Crippen molar-refractivity contribution in [2.75, 3.05) is 12.4 Å². The molecule has 0 aliphatic carbocycles. The molecule has 3 aromatic carbocycles. The molecule has 0 saturated carbocycles. The van der Waals surface area contributed by atoms with Gasteiger partial charge < -0.3 is 10.1 Å². The van der Waals surface area contributed by atoms with E-state index in [0.29, 0.717) is 0 Å². The Morgan fingerprint density at radius 2 is 1.58 bits per heavy atom. The first-order chi connectivity index (χ1) is 12.7. The normalized spacial score (nSPS) is 10.7. The molecule has 0 unspecified atom stereocenters. The Bertz CT molecular complexity index is 891. The van der Waals surface area contributed by atoms with Crippen LogP contribution in [0.5, 0.6) is 5.75 Å². The maximum atomic E-state index is 12.2. The van der Waals surface area contributed by atoms with Crippen molar-refractivity contribution >= 4 is 23.0 Å². The predicted octanol–water partition coefficient (Wildman–Crippen LogP) is 5.29. The second kappa shape index (κ2) is 8.58. The Morgan fingerprint density at radius 1 is 0.885 bits per heavy atom. The molecular formula is C21H19N3O2. The van der Waals surface area contributed by atoms with Crippen LogP contribution in [0.4, 0.5) is 17.1 Å². The molecule has 0 aliphatic rings. The number of carbonyl (C=O) groups is 1. The summed E-state index contributed by atoms with van der Waals surface area (Å²) in [5, 5.41) is 11.2. The molecule has 1 amide bonds. The van der Waals surface area contributed by atoms with E-state index >= 15 is 0 Å². The average molecular weight is 345 g/mol. The lowest BCUT2D eigenvalue weighted by atomic mass is 10.1. The highest BCUT2D eigenvalue weighted by Crippen LogP contribution is 2.20. The number of hydrogen-bond donors (Lipinski definition) is 1. The van der Waals surface area contributed by atoms with Crippen LogP contribution in [-0.2, 0) is 11.2 Å². The fourth-order valence-corrected chi connectivity index (χ4v) is 2.39. The average Bonchev–Trinajstić information content (AvgIpc) is 2.68. The second-order valence-corrected chi connectivity index (χ2v) is 5.66. The number of rotatable bonds is 6. The smallest absolute Gasteiger partial charge is 0.228 e. The SMILES string of the molecule is COc1cccc(CC(=O)Nc2ccc(N=Nc3ccccc3)cc2)c1. The number of ether oxygens (including phenoxy) is 1. The summed E-state index contributed by atoms with van der Waals surface area (Å²) in [4.78, 5) is 12.2. The van der Waals surface area contributed by atoms with Crippen LogP contribution in [0, 0.1) is 0 Å². The molecule has 0 saturated heterocycles. The number of carbonyl (C=O) groups excluding carboxylic acids is 1. The number of azo groups is 1. The molecule has 1 N–H and O–H groups in total. The third-order valence-electron chi connectivity index (χ3n) is 3.69. The van der Waals surface area contributed by atoms with Crippen molar-refractivity contribution in [1.29, 1.82) is 0 Å². The summed E-state index contributed by atoms with van der Waals surface area (Å²) in [6.07, 6.45) is 0.284. The van der Waals surface area contributed by atoms with Crippen LogP contribution >= 0.6 is 0 Å². The van der Waals surface area contributed by atoms with Gasteiger partial charge in [0.1, 0.15) is 5.75 Å². The quantitative estimate of drug-likeness (QED) is 0.617. The zero-order valence-electron chi connectivity index (χ0n) is 14.4. The molecule has 3 aromatic rings. The van der Waals surface area contributed by atoms with Crippen molar-refractivity contribution in [3.63, 3.8) is 0 Å². The van der Waals surface area contributed by atoms with Gasteiger partial charge in [0.15, 0.2) is 0 Å². The van der Waals surface area contributed by atoms with Crippen molar-refractivity contribution in [1.82, 2.24) is 0 Å². The molecule has 0 heterocycles. The molecule has 130 valence electrons. The summed E-state index contributed by atoms with van der Waals surface area (Å²) in [7, 11) is 1.61. The third kappa shape index (κ3) is 5.01. The summed E-state index contributed by atoms with van der Waals surface area (Å²) < 4.78 is 5.17. The maximum Gasteiger partial charge on any atom is 0.228 e. The van der Waals surface area contributed by atoms with Crippen LogP contribution in [0.3, 0.4) is 0 Å². The fraction of sp³-hybridized carbons (Fsp3) is 0.0952. The Balaban J connectivity index is 1.58. The van der Waals surface area contributed by atoms with Crippen LogP contribution < -0.4 is 10.1 Å². The summed E-state index contributed by atoms with van der Waals surface area (Å²) in [5.74, 6) is 0.653. The van der Waals surface area contributed by atoms with Gasteiger partial charge in [-0.25, -0.2) is 0 Å². The van der Waals surface area contributed by atoms with Crippen LogP contribution in [0.25, 0.3) is 0 Å². The van der Waals surface area contributed by atoms with Gasteiger partial charge in [-0.05, 0) is 54.1 Å². The highest BCUT2D eigenvalue weighted by Gasteiger charge is 2.05. The van der Waals surface area contributed by atoms with E-state index < -0.39 is 0 Å². The van der Waals surface area contributed by atoms with Gasteiger partial charge in [-0.2, -0.15) is 10.2 Å². The molecule has 26 heavy (non-hydrogen) atoms. The lowest BCUT2D eigenvalue weighted by molar-refractivity contribution is -0.115. The van der Waals surface area contributed by atoms with E-state index in [0.717, 1.165) is 28.4 Å². The Kier molecular flexibility index (Phi) is 5.72. The molecule has 0 aromatic heterocycles. The van der Waals surface area contributed by atoms with Gasteiger partial charge in [-0.15, -0.1) is 0 Å². The second-order valence-electron chi connectivity index (χ2n) is 5.66. The van der Waals surface area contributed by atoms with Gasteiger partial charge in [-0.1, -0.05) is 30.3 Å². The van der Waals surface area contributed by atoms with E-state index in [1.807, 2.05) is 78.9 Å². The van der Waals surface area contributed by atoms with Gasteiger partial charge in [0.25, 0.3) is 0 Å². The lowest BCUT2D eigenvalue weighted by Gasteiger charge is -2.07. The van der Waals surface area contributed by atoms with Crippen molar-refractivity contribution in [3.05, 3.63) is 84.4 Å². The number of nitrogens with zero attached hydrogens (tertiary/aromatic N) is 2. The highest BCUT2D eigenvalue weighted by atomic mass is 16.5. The van der Waals surface area contributed by atoms with Gasteiger partial charge in [0, 0.05) is 5.69 Å². The van der Waals surface area contributed by atoms with E-state index in [1.54, 1.807) is 7.11 Å². The molecular weight excluding hydrogens is 326 g/mol. The molecule has 0 bridgehead atoms. The molecule has 0 aliphatic heterocycles. The molecule has 5 nitrogen and oxygen atoms in total. The fourth-order valence-electron chi connectivity index (χ4n) is 2.39. The lowest BCUT2D eigenvalue weighted by Crippen LogP contribution is -2.14. The number of anilines is 1. The first-order valence-electron chi connectivity index (χ1n) is 8.22. The van der Waals surface area contributed by atoms with E-state index in [2.05, 4.69) is 15.5 Å². The third-order valence-corrected chi connectivity index (χ3v) is 3.69. The molecule has 0 spiro atoms. The highest BCUT2D eigenvalue weighted by molar-refractivity contribution is 5.92. The molecule has 0 atom stereocenters. The molecule has 3 rings (SSSR count). The minimum Gasteiger partial charge on any atom is -0.497 e. The predicted molar refractivity (Wildman–Crippen MR) is 102 cm³/mol. The minimum absolute atomic E-state index is 0.0862. The summed E-state index contributed by atoms with van der Waals surface area (Å²) in [5.41, 5.74) is 3.13. The van der Waals surface area contributed by atoms with E-state index in [-0.39, 0.29) is 12.3 Å². The van der Waals surface area contributed by atoms with Crippen molar-refractivity contribution in [2.45, 2.75) is 6.42 Å². The maximum absolute atomic E-state index is 12.2. The zero-order valence-corrected chi connectivity index (χ0v) is 14.4. The van der Waals surface area contributed by atoms with Crippen LogP contribution in [-0.4, -0.2) is 13.0 Å². The standard InChI is InChI=1S/C21H19N3O2/c1-26-20-9-5-6-16(14-20)15-21(25)22-17-10-12-19(13-11-17)24-23-18-7-3-2-4-8-18/h2-14H,15H2,1H3,(H,22,25). The zero-order chi connectivity index (χ0) is 18.2. The number of nitrogens with one attached hydrogen (secondary N) is 1.